The van der Waals surface area contributed by atoms with E-state index in [1.165, 1.54) is 12.1 Å². The van der Waals surface area contributed by atoms with Crippen LogP contribution in [0.5, 0.6) is 5.75 Å². The normalized spacial score (nSPS) is 17.2. The zero-order chi connectivity index (χ0) is 27.2. The van der Waals surface area contributed by atoms with Gasteiger partial charge >= 0.3 is 18.6 Å². The van der Waals surface area contributed by atoms with E-state index in [1.807, 2.05) is 36.4 Å². The zero-order valence-corrected chi connectivity index (χ0v) is 22.3. The number of nitrogens with zero attached hydrogens (tertiary/aromatic N) is 1. The van der Waals surface area contributed by atoms with Gasteiger partial charge in [0.15, 0.2) is 0 Å². The van der Waals surface area contributed by atoms with E-state index in [1.54, 1.807) is 18.3 Å². The van der Waals surface area contributed by atoms with Crippen molar-refractivity contribution >= 4 is 28.6 Å². The first-order chi connectivity index (χ1) is 18.2. The van der Waals surface area contributed by atoms with E-state index in [0.717, 1.165) is 17.2 Å². The van der Waals surface area contributed by atoms with Crippen LogP contribution in [0.3, 0.4) is 0 Å². The maximum atomic E-state index is 13.8. The highest BCUT2D eigenvalue weighted by atomic mass is 127. The smallest absolute Gasteiger partial charge is 0.428 e. The predicted octanol–water partition coefficient (Wildman–Crippen LogP) is 5.83. The minimum atomic E-state index is -4.69. The number of amides is 2. The van der Waals surface area contributed by atoms with Crippen LogP contribution in [0.4, 0.5) is 22.4 Å². The molecule has 2 atom stereocenters. The molecule has 1 aromatic heterocycles. The fraction of sp³-hybridized carbons (Fsp3) is 0.333. The first kappa shape index (κ1) is 28.1. The van der Waals surface area contributed by atoms with Crippen LogP contribution in [0.1, 0.15) is 28.8 Å². The van der Waals surface area contributed by atoms with Crippen LogP contribution >= 0.6 is 22.6 Å². The minimum Gasteiger partial charge on any atom is -0.428 e. The van der Waals surface area contributed by atoms with Crippen LogP contribution in [-0.2, 0) is 21.1 Å². The predicted molar refractivity (Wildman–Crippen MR) is 142 cm³/mol. The van der Waals surface area contributed by atoms with Crippen LogP contribution in [-0.4, -0.2) is 42.8 Å². The standard InChI is InChI=1S/C27H26F4IN3O3/c28-24(29)27(30,31)38-22-8-4-7-20(13-22)26(14-18-5-2-1-3-6-18,23-10-9-19(15-32)16-33-23)35-25(36)34-21-11-12-37-17-21/h1-10,13,16,21,24H,11-12,14-15,17H2,(H2,34,35,36)/t21-,26+/m1/s1. The lowest BCUT2D eigenvalue weighted by molar-refractivity contribution is -0.253. The summed E-state index contributed by atoms with van der Waals surface area (Å²) < 4.78 is 63.7. The number of benzene rings is 2. The van der Waals surface area contributed by atoms with Crippen molar-refractivity contribution < 1.29 is 31.8 Å². The summed E-state index contributed by atoms with van der Waals surface area (Å²) in [5.74, 6) is -0.472. The van der Waals surface area contributed by atoms with Crippen molar-refractivity contribution in [3.8, 4) is 5.75 Å². The molecule has 11 heteroatoms. The number of aromatic nitrogens is 1. The lowest BCUT2D eigenvalue weighted by Gasteiger charge is -2.36. The number of ether oxygens (including phenoxy) is 2. The van der Waals surface area contributed by atoms with Crippen LogP contribution in [0.15, 0.2) is 72.9 Å². The van der Waals surface area contributed by atoms with Gasteiger partial charge in [0.1, 0.15) is 11.3 Å². The Hall–Kier alpha value is -2.93. The van der Waals surface area contributed by atoms with Gasteiger partial charge in [-0.15, -0.1) is 0 Å². The molecule has 0 spiro atoms. The number of carbonyl (C=O) groups excluding carboxylic acids is 1. The Balaban J connectivity index is 1.82. The average Bonchev–Trinajstić information content (AvgIpc) is 3.41. The molecule has 1 aliphatic rings. The van der Waals surface area contributed by atoms with E-state index in [9.17, 15) is 22.4 Å². The highest BCUT2D eigenvalue weighted by molar-refractivity contribution is 14.1. The first-order valence-corrected chi connectivity index (χ1v) is 13.4. The molecular weight excluding hydrogens is 617 g/mol. The SMILES string of the molecule is O=C(N[C@@H]1CCOC1)N[C@@](Cc1ccccc1)(c1cccc(OC(F)(F)C(F)F)c1)c1ccc(CI)cn1. The molecule has 1 fully saturated rings. The molecule has 0 bridgehead atoms. The summed E-state index contributed by atoms with van der Waals surface area (Å²) in [6.07, 6.45) is -6.19. The third kappa shape index (κ3) is 6.73. The van der Waals surface area contributed by atoms with Crippen LogP contribution < -0.4 is 15.4 Å². The second-order valence-corrected chi connectivity index (χ2v) is 9.67. The highest BCUT2D eigenvalue weighted by Gasteiger charge is 2.45. The summed E-state index contributed by atoms with van der Waals surface area (Å²) in [7, 11) is 0. The Labute approximate surface area is 231 Å². The topological polar surface area (TPSA) is 72.5 Å². The first-order valence-electron chi connectivity index (χ1n) is 11.9. The molecule has 6 nitrogen and oxygen atoms in total. The summed E-state index contributed by atoms with van der Waals surface area (Å²) >= 11 is 2.20. The molecule has 0 radical (unpaired) electrons. The molecule has 3 aromatic rings. The van der Waals surface area contributed by atoms with Gasteiger partial charge in [0, 0.05) is 23.7 Å². The maximum absolute atomic E-state index is 13.8. The Morgan fingerprint density at radius 1 is 1.11 bits per heavy atom. The third-order valence-corrected chi connectivity index (χ3v) is 7.04. The molecule has 0 unspecified atom stereocenters. The molecule has 38 heavy (non-hydrogen) atoms. The number of halogens is 5. The highest BCUT2D eigenvalue weighted by Crippen LogP contribution is 2.36. The van der Waals surface area contributed by atoms with Gasteiger partial charge in [0.25, 0.3) is 0 Å². The average molecular weight is 643 g/mol. The quantitative estimate of drug-likeness (QED) is 0.166. The van der Waals surface area contributed by atoms with E-state index in [0.29, 0.717) is 35.3 Å². The largest absolute Gasteiger partial charge is 0.461 e. The van der Waals surface area contributed by atoms with Crippen molar-refractivity contribution in [3.63, 3.8) is 0 Å². The molecule has 0 aliphatic carbocycles. The van der Waals surface area contributed by atoms with Gasteiger partial charge in [0.2, 0.25) is 0 Å². The van der Waals surface area contributed by atoms with Gasteiger partial charge in [0.05, 0.1) is 18.3 Å². The molecule has 1 saturated heterocycles. The number of hydrogen-bond donors (Lipinski definition) is 2. The lowest BCUT2D eigenvalue weighted by Crippen LogP contribution is -2.54. The van der Waals surface area contributed by atoms with Gasteiger partial charge in [-0.1, -0.05) is 71.1 Å². The third-order valence-electron chi connectivity index (χ3n) is 6.16. The second-order valence-electron chi connectivity index (χ2n) is 8.90. The molecule has 2 N–H and O–H groups in total. The fourth-order valence-corrected chi connectivity index (χ4v) is 4.72. The summed E-state index contributed by atoms with van der Waals surface area (Å²) in [4.78, 5) is 18.0. The summed E-state index contributed by atoms with van der Waals surface area (Å²) in [6, 6.07) is 17.6. The molecule has 202 valence electrons. The molecule has 1 aliphatic heterocycles. The number of alkyl halides is 5. The van der Waals surface area contributed by atoms with E-state index >= 15 is 0 Å². The van der Waals surface area contributed by atoms with E-state index in [2.05, 4.69) is 42.9 Å². The number of carbonyl (C=O) groups is 1. The molecular formula is C27H26F4IN3O3. The summed E-state index contributed by atoms with van der Waals surface area (Å²) in [5.41, 5.74) is 1.17. The Kier molecular flexibility index (Phi) is 9.08. The zero-order valence-electron chi connectivity index (χ0n) is 20.2. The number of nitrogens with one attached hydrogen (secondary N) is 2. The molecule has 4 rings (SSSR count). The van der Waals surface area contributed by atoms with Crippen molar-refractivity contribution in [2.24, 2.45) is 0 Å². The van der Waals surface area contributed by atoms with Gasteiger partial charge in [-0.2, -0.15) is 17.6 Å². The Morgan fingerprint density at radius 3 is 2.53 bits per heavy atom. The number of rotatable bonds is 10. The van der Waals surface area contributed by atoms with E-state index < -0.39 is 29.9 Å². The molecule has 0 saturated carbocycles. The van der Waals surface area contributed by atoms with Gasteiger partial charge in [-0.25, -0.2) is 4.79 Å². The molecule has 2 aromatic carbocycles. The Bertz CT molecular complexity index is 1210. The fourth-order valence-electron chi connectivity index (χ4n) is 4.27. The van der Waals surface area contributed by atoms with E-state index in [-0.39, 0.29) is 12.5 Å². The number of pyridine rings is 1. The Morgan fingerprint density at radius 2 is 1.89 bits per heavy atom. The van der Waals surface area contributed by atoms with Crippen molar-refractivity contribution in [1.29, 1.82) is 0 Å². The van der Waals surface area contributed by atoms with Crippen molar-refractivity contribution in [3.05, 3.63) is 95.3 Å². The molecule has 2 amide bonds. The van der Waals surface area contributed by atoms with E-state index in [4.69, 9.17) is 4.74 Å². The number of urea groups is 1. The van der Waals surface area contributed by atoms with Crippen LogP contribution in [0, 0.1) is 0 Å². The monoisotopic (exact) mass is 643 g/mol. The molecule has 2 heterocycles. The minimum absolute atomic E-state index is 0.188. The van der Waals surface area contributed by atoms with Crippen LogP contribution in [0.2, 0.25) is 0 Å². The summed E-state index contributed by atoms with van der Waals surface area (Å²) in [6.45, 7) is 0.894. The van der Waals surface area contributed by atoms with Crippen LogP contribution in [0.25, 0.3) is 0 Å². The second kappa shape index (κ2) is 12.3. The maximum Gasteiger partial charge on any atom is 0.461 e. The van der Waals surface area contributed by atoms with Gasteiger partial charge in [-0.05, 0) is 41.3 Å². The number of hydrogen-bond acceptors (Lipinski definition) is 4. The van der Waals surface area contributed by atoms with Gasteiger partial charge < -0.3 is 20.1 Å². The van der Waals surface area contributed by atoms with Gasteiger partial charge in [-0.3, -0.25) is 4.98 Å². The van der Waals surface area contributed by atoms with Crippen molar-refractivity contribution in [1.82, 2.24) is 15.6 Å². The lowest BCUT2D eigenvalue weighted by atomic mass is 9.80. The summed E-state index contributed by atoms with van der Waals surface area (Å²) in [5, 5.41) is 5.92. The van der Waals surface area contributed by atoms with Crippen molar-refractivity contribution in [2.75, 3.05) is 13.2 Å². The van der Waals surface area contributed by atoms with Crippen molar-refractivity contribution in [2.45, 2.75) is 41.4 Å².